The average molecular weight is 701 g/mol. The summed E-state index contributed by atoms with van der Waals surface area (Å²) in [5, 5.41) is 19.5. The van der Waals surface area contributed by atoms with Crippen LogP contribution >= 0.6 is 0 Å². The second-order valence-electron chi connectivity index (χ2n) is 13.8. The molecule has 0 saturated carbocycles. The molecule has 0 aliphatic heterocycles. The van der Waals surface area contributed by atoms with Gasteiger partial charge in [0, 0.05) is 12.8 Å². The molecule has 0 aliphatic carbocycles. The van der Waals surface area contributed by atoms with E-state index in [0.29, 0.717) is 19.3 Å². The van der Waals surface area contributed by atoms with Crippen molar-refractivity contribution < 1.29 is 29.3 Å². The molecule has 0 saturated heterocycles. The van der Waals surface area contributed by atoms with Crippen LogP contribution in [0.4, 0.5) is 0 Å². The van der Waals surface area contributed by atoms with Crippen LogP contribution in [-0.2, 0) is 19.1 Å². The highest BCUT2D eigenvalue weighted by Crippen LogP contribution is 2.16. The third-order valence-electron chi connectivity index (χ3n) is 8.95. The lowest BCUT2D eigenvalue weighted by Crippen LogP contribution is -2.28. The summed E-state index contributed by atoms with van der Waals surface area (Å²) < 4.78 is 10.5. The van der Waals surface area contributed by atoms with Crippen molar-refractivity contribution in [2.75, 3.05) is 13.2 Å². The van der Waals surface area contributed by atoms with E-state index in [9.17, 15) is 19.8 Å². The van der Waals surface area contributed by atoms with Crippen molar-refractivity contribution >= 4 is 11.9 Å². The van der Waals surface area contributed by atoms with Gasteiger partial charge in [-0.1, -0.05) is 178 Å². The predicted molar refractivity (Wildman–Crippen MR) is 211 cm³/mol. The normalized spacial score (nSPS) is 14.1. The Morgan fingerprint density at radius 1 is 0.640 bits per heavy atom. The molecule has 0 spiro atoms. The first-order valence-electron chi connectivity index (χ1n) is 20.3. The van der Waals surface area contributed by atoms with Crippen LogP contribution in [-0.4, -0.2) is 47.6 Å². The van der Waals surface area contributed by atoms with Crippen molar-refractivity contribution in [3.8, 4) is 0 Å². The molecule has 6 heteroatoms. The molecule has 0 aromatic carbocycles. The minimum atomic E-state index is -0.813. The van der Waals surface area contributed by atoms with Gasteiger partial charge in [0.15, 0.2) is 6.10 Å². The molecule has 0 aromatic rings. The van der Waals surface area contributed by atoms with Gasteiger partial charge in [0.05, 0.1) is 12.7 Å². The summed E-state index contributed by atoms with van der Waals surface area (Å²) in [5.74, 6) is 0.195. The van der Waals surface area contributed by atoms with Gasteiger partial charge in [-0.3, -0.25) is 9.59 Å². The summed E-state index contributed by atoms with van der Waals surface area (Å²) in [6, 6.07) is 0. The highest BCUT2D eigenvalue weighted by Gasteiger charge is 2.16. The topological polar surface area (TPSA) is 93.1 Å². The summed E-state index contributed by atoms with van der Waals surface area (Å²) in [6.45, 7) is 6.28. The second-order valence-corrected chi connectivity index (χ2v) is 13.8. The number of unbranched alkanes of at least 4 members (excludes halogenated alkanes) is 14. The average Bonchev–Trinajstić information content (AvgIpc) is 3.11. The molecule has 0 radical (unpaired) electrons. The number of hydrogen-bond donors (Lipinski definition) is 2. The van der Waals surface area contributed by atoms with E-state index in [2.05, 4.69) is 39.0 Å². The lowest BCUT2D eigenvalue weighted by Gasteiger charge is -2.15. The van der Waals surface area contributed by atoms with E-state index in [0.717, 1.165) is 50.9 Å². The molecular weight excluding hydrogens is 624 g/mol. The van der Waals surface area contributed by atoms with Crippen molar-refractivity contribution in [1.82, 2.24) is 0 Å². The Labute approximate surface area is 307 Å². The lowest BCUT2D eigenvalue weighted by atomic mass is 9.99. The molecule has 288 valence electrons. The Kier molecular flexibility index (Phi) is 36.0. The third-order valence-corrected chi connectivity index (χ3v) is 8.95. The highest BCUT2D eigenvalue weighted by atomic mass is 16.6. The number of rotatable bonds is 35. The summed E-state index contributed by atoms with van der Waals surface area (Å²) in [5.41, 5.74) is 0. The molecule has 0 amide bonds. The molecule has 0 aromatic heterocycles. The number of hydrogen-bond acceptors (Lipinski definition) is 6. The van der Waals surface area contributed by atoms with Crippen molar-refractivity contribution in [2.24, 2.45) is 5.92 Å². The smallest absolute Gasteiger partial charge is 0.306 e. The Bertz CT molecular complexity index is 917. The maximum Gasteiger partial charge on any atom is 0.306 e. The molecule has 6 nitrogen and oxygen atoms in total. The minimum absolute atomic E-state index is 0.116. The second kappa shape index (κ2) is 37.8. The van der Waals surface area contributed by atoms with E-state index in [4.69, 9.17) is 9.47 Å². The highest BCUT2D eigenvalue weighted by molar-refractivity contribution is 5.70. The zero-order valence-corrected chi connectivity index (χ0v) is 32.4. The van der Waals surface area contributed by atoms with E-state index in [1.807, 2.05) is 36.5 Å². The zero-order valence-electron chi connectivity index (χ0n) is 32.4. The summed E-state index contributed by atoms with van der Waals surface area (Å²) in [6.07, 6.45) is 44.5. The molecule has 0 bridgehead atoms. The molecule has 2 N–H and O–H groups in total. The molecule has 0 rings (SSSR count). The summed E-state index contributed by atoms with van der Waals surface area (Å²) in [4.78, 5) is 24.3. The van der Waals surface area contributed by atoms with Gasteiger partial charge in [0.1, 0.15) is 6.61 Å². The first kappa shape index (κ1) is 47.6. The number of carbonyl (C=O) groups is 2. The molecule has 0 fully saturated rings. The largest absolute Gasteiger partial charge is 0.462 e. The molecule has 2 unspecified atom stereocenters. The van der Waals surface area contributed by atoms with Gasteiger partial charge < -0.3 is 19.7 Å². The van der Waals surface area contributed by atoms with Crippen molar-refractivity contribution in [3.05, 3.63) is 60.8 Å². The maximum absolute atomic E-state index is 12.2. The van der Waals surface area contributed by atoms with Crippen LogP contribution in [0.1, 0.15) is 175 Å². The van der Waals surface area contributed by atoms with Gasteiger partial charge >= 0.3 is 11.9 Å². The first-order valence-corrected chi connectivity index (χ1v) is 20.3. The van der Waals surface area contributed by atoms with Crippen molar-refractivity contribution in [2.45, 2.75) is 187 Å². The van der Waals surface area contributed by atoms with E-state index in [1.165, 1.54) is 83.5 Å². The maximum atomic E-state index is 12.2. The van der Waals surface area contributed by atoms with E-state index in [-0.39, 0.29) is 31.6 Å². The minimum Gasteiger partial charge on any atom is -0.462 e. The number of esters is 2. The van der Waals surface area contributed by atoms with Gasteiger partial charge in [-0.2, -0.15) is 0 Å². The van der Waals surface area contributed by atoms with Crippen molar-refractivity contribution in [1.29, 1.82) is 0 Å². The van der Waals surface area contributed by atoms with Gasteiger partial charge in [-0.05, 0) is 50.9 Å². The predicted octanol–water partition coefficient (Wildman–Crippen LogP) is 11.6. The fourth-order valence-electron chi connectivity index (χ4n) is 5.47. The number of allylic oxidation sites excluding steroid dienone is 8. The molecule has 3 atom stereocenters. The lowest BCUT2D eigenvalue weighted by molar-refractivity contribution is -0.161. The van der Waals surface area contributed by atoms with Crippen LogP contribution in [0.5, 0.6) is 0 Å². The summed E-state index contributed by atoms with van der Waals surface area (Å²) in [7, 11) is 0. The van der Waals surface area contributed by atoms with Crippen LogP contribution < -0.4 is 0 Å². The zero-order chi connectivity index (χ0) is 36.8. The molecule has 0 aliphatic rings. The van der Waals surface area contributed by atoms with Gasteiger partial charge in [0.25, 0.3) is 0 Å². The summed E-state index contributed by atoms with van der Waals surface area (Å²) >= 11 is 0. The van der Waals surface area contributed by atoms with Crippen LogP contribution in [0.2, 0.25) is 0 Å². The van der Waals surface area contributed by atoms with E-state index in [1.54, 1.807) is 6.08 Å². The molecular formula is C44H76O6. The third kappa shape index (κ3) is 35.4. The fraction of sp³-hybridized carbons (Fsp3) is 0.727. The first-order chi connectivity index (χ1) is 24.4. The van der Waals surface area contributed by atoms with Crippen LogP contribution in [0.25, 0.3) is 0 Å². The van der Waals surface area contributed by atoms with Gasteiger partial charge in [0.2, 0.25) is 0 Å². The number of aliphatic hydroxyl groups excluding tert-OH is 2. The van der Waals surface area contributed by atoms with Gasteiger partial charge in [-0.15, -0.1) is 0 Å². The molecule has 0 heterocycles. The van der Waals surface area contributed by atoms with Crippen LogP contribution in [0.3, 0.4) is 0 Å². The number of carbonyl (C=O) groups excluding carboxylic acids is 2. The standard InChI is InChI=1S/C44H76O6/c1-4-6-7-8-24-29-34-41(46)35-30-25-20-17-18-21-26-31-36-43(47)49-39-42(38-45)50-44(48)37-32-27-22-16-14-12-10-9-11-13-15-19-23-28-33-40(3)5-2/h6-7,18,20-21,24-25,29-30,35,40-42,45-46H,4-5,8-17,19,22-23,26-28,31-34,36-39H2,1-3H3/b7-6-,21-18-,25-20-,29-24-,35-30+/t40?,41?,42-/m0/s1. The van der Waals surface area contributed by atoms with Crippen LogP contribution in [0.15, 0.2) is 60.8 Å². The van der Waals surface area contributed by atoms with Gasteiger partial charge in [-0.25, -0.2) is 0 Å². The monoisotopic (exact) mass is 701 g/mol. The Morgan fingerprint density at radius 2 is 1.20 bits per heavy atom. The Hall–Kier alpha value is -2.44. The van der Waals surface area contributed by atoms with Crippen LogP contribution in [0, 0.1) is 5.92 Å². The number of aliphatic hydroxyl groups is 2. The SMILES string of the molecule is CC/C=C\C/C=C\CC(O)/C=C/C=C\C/C=C\CCCC(=O)OC[C@H](CO)OC(=O)CCCCCCCCCCCCCCCCC(C)CC. The van der Waals surface area contributed by atoms with E-state index < -0.39 is 12.2 Å². The Balaban J connectivity index is 3.71. The molecule has 50 heavy (non-hydrogen) atoms. The fourth-order valence-corrected chi connectivity index (χ4v) is 5.47. The number of ether oxygens (including phenoxy) is 2. The quantitative estimate of drug-likeness (QED) is 0.0296. The van der Waals surface area contributed by atoms with E-state index >= 15 is 0 Å². The van der Waals surface area contributed by atoms with Crippen molar-refractivity contribution in [3.63, 3.8) is 0 Å². The Morgan fingerprint density at radius 3 is 1.82 bits per heavy atom.